The van der Waals surface area contributed by atoms with E-state index in [0.29, 0.717) is 31.0 Å². The molecule has 0 saturated carbocycles. The molecule has 2 heterocycles. The molecule has 1 saturated heterocycles. The predicted octanol–water partition coefficient (Wildman–Crippen LogP) is 0.362. The first-order valence-electron chi connectivity index (χ1n) is 6.66. The number of carbonyl (C=O) groups excluding carboxylic acids is 1. The Balaban J connectivity index is 2.05. The Labute approximate surface area is 123 Å². The molecule has 1 N–H and O–H groups in total. The summed E-state index contributed by atoms with van der Waals surface area (Å²) in [5, 5.41) is 6.25. The summed E-state index contributed by atoms with van der Waals surface area (Å²) >= 11 is 0. The van der Waals surface area contributed by atoms with E-state index in [1.54, 1.807) is 13.0 Å². The summed E-state index contributed by atoms with van der Waals surface area (Å²) in [5.41, 5.74) is 0. The summed E-state index contributed by atoms with van der Waals surface area (Å²) in [7, 11) is -2.06. The fourth-order valence-corrected chi connectivity index (χ4v) is 3.88. The number of hydrogen-bond acceptors (Lipinski definition) is 6. The molecule has 2 rings (SSSR count). The molecule has 1 fully saturated rings. The Morgan fingerprint density at radius 3 is 3.00 bits per heavy atom. The summed E-state index contributed by atoms with van der Waals surface area (Å²) in [5.74, 6) is 0.345. The highest BCUT2D eigenvalue weighted by molar-refractivity contribution is 7.89. The molecule has 0 spiro atoms. The Kier molecular flexibility index (Phi) is 4.96. The lowest BCUT2D eigenvalue weighted by Gasteiger charge is -2.22. The van der Waals surface area contributed by atoms with Gasteiger partial charge in [-0.1, -0.05) is 5.16 Å². The molecule has 8 nitrogen and oxygen atoms in total. The van der Waals surface area contributed by atoms with Crippen LogP contribution in [0.1, 0.15) is 18.6 Å². The van der Waals surface area contributed by atoms with Gasteiger partial charge in [0.25, 0.3) is 0 Å². The first-order chi connectivity index (χ1) is 9.94. The smallest absolute Gasteiger partial charge is 0.244 e. The maximum Gasteiger partial charge on any atom is 0.244 e. The maximum absolute atomic E-state index is 12.2. The number of sulfonamides is 1. The van der Waals surface area contributed by atoms with Gasteiger partial charge in [-0.3, -0.25) is 4.79 Å². The number of aromatic nitrogens is 1. The largest absolute Gasteiger partial charge is 0.384 e. The minimum absolute atomic E-state index is 0.107. The molecule has 1 aliphatic rings. The fourth-order valence-electron chi connectivity index (χ4n) is 2.28. The quantitative estimate of drug-likeness (QED) is 0.813. The molecule has 0 aromatic carbocycles. The van der Waals surface area contributed by atoms with E-state index in [1.807, 2.05) is 0 Å². The van der Waals surface area contributed by atoms with E-state index in [1.165, 1.54) is 11.4 Å². The highest BCUT2D eigenvalue weighted by atomic mass is 32.2. The van der Waals surface area contributed by atoms with Crippen LogP contribution in [0.5, 0.6) is 0 Å². The predicted molar refractivity (Wildman–Crippen MR) is 75.3 cm³/mol. The Hall–Kier alpha value is -1.45. The zero-order valence-corrected chi connectivity index (χ0v) is 12.9. The number of ether oxygens (including phenoxy) is 1. The molecule has 1 aromatic heterocycles. The van der Waals surface area contributed by atoms with Crippen molar-refractivity contribution in [3.8, 4) is 0 Å². The van der Waals surface area contributed by atoms with Gasteiger partial charge in [-0.25, -0.2) is 8.42 Å². The molecule has 1 atom stereocenters. The fraction of sp³-hybridized carbons (Fsp3) is 0.667. The van der Waals surface area contributed by atoms with Crippen molar-refractivity contribution in [1.29, 1.82) is 0 Å². The van der Waals surface area contributed by atoms with Crippen molar-refractivity contribution in [1.82, 2.24) is 9.46 Å². The SMILES string of the molecule is COCCS(=O)(=O)N1CCC[C@H]1C(=O)Nc1cc(C)on1. The number of nitrogens with one attached hydrogen (secondary N) is 1. The lowest BCUT2D eigenvalue weighted by molar-refractivity contribution is -0.119. The zero-order chi connectivity index (χ0) is 15.5. The van der Waals surface area contributed by atoms with E-state index < -0.39 is 16.1 Å². The van der Waals surface area contributed by atoms with Crippen molar-refractivity contribution in [3.63, 3.8) is 0 Å². The number of amides is 1. The van der Waals surface area contributed by atoms with E-state index in [4.69, 9.17) is 9.26 Å². The van der Waals surface area contributed by atoms with Crippen LogP contribution in [0.4, 0.5) is 5.82 Å². The van der Waals surface area contributed by atoms with Gasteiger partial charge < -0.3 is 14.6 Å². The van der Waals surface area contributed by atoms with Crippen molar-refractivity contribution in [2.45, 2.75) is 25.8 Å². The molecule has 118 valence electrons. The highest BCUT2D eigenvalue weighted by Gasteiger charge is 2.38. The van der Waals surface area contributed by atoms with E-state index >= 15 is 0 Å². The molecule has 1 aliphatic heterocycles. The van der Waals surface area contributed by atoms with Crippen molar-refractivity contribution in [2.75, 3.05) is 31.3 Å². The van der Waals surface area contributed by atoms with Gasteiger partial charge in [0.05, 0.1) is 12.4 Å². The number of methoxy groups -OCH3 is 1. The van der Waals surface area contributed by atoms with Crippen LogP contribution in [-0.4, -0.2) is 55.8 Å². The van der Waals surface area contributed by atoms with E-state index in [-0.39, 0.29) is 18.3 Å². The molecule has 1 amide bonds. The number of rotatable bonds is 6. The van der Waals surface area contributed by atoms with Gasteiger partial charge >= 0.3 is 0 Å². The van der Waals surface area contributed by atoms with Crippen LogP contribution >= 0.6 is 0 Å². The van der Waals surface area contributed by atoms with Gasteiger partial charge in [0.2, 0.25) is 15.9 Å². The standard InChI is InChI=1S/C12H19N3O5S/c1-9-8-11(14-20-9)13-12(16)10-4-3-5-15(10)21(17,18)7-6-19-2/h8,10H,3-7H2,1-2H3,(H,13,14,16)/t10-/m0/s1. The van der Waals surface area contributed by atoms with Gasteiger partial charge in [0.15, 0.2) is 5.82 Å². The van der Waals surface area contributed by atoms with Crippen molar-refractivity contribution >= 4 is 21.7 Å². The molecule has 21 heavy (non-hydrogen) atoms. The molecule has 0 aliphatic carbocycles. The van der Waals surface area contributed by atoms with Crippen LogP contribution in [0.25, 0.3) is 0 Å². The molecule has 0 bridgehead atoms. The van der Waals surface area contributed by atoms with Gasteiger partial charge in [-0.05, 0) is 19.8 Å². The van der Waals surface area contributed by atoms with Crippen molar-refractivity contribution in [3.05, 3.63) is 11.8 Å². The van der Waals surface area contributed by atoms with E-state index in [2.05, 4.69) is 10.5 Å². The van der Waals surface area contributed by atoms with Crippen LogP contribution in [0.3, 0.4) is 0 Å². The monoisotopic (exact) mass is 317 g/mol. The maximum atomic E-state index is 12.2. The molecule has 1 aromatic rings. The van der Waals surface area contributed by atoms with Crippen LogP contribution in [0.2, 0.25) is 0 Å². The highest BCUT2D eigenvalue weighted by Crippen LogP contribution is 2.23. The molecule has 0 unspecified atom stereocenters. The lowest BCUT2D eigenvalue weighted by Crippen LogP contribution is -2.44. The van der Waals surface area contributed by atoms with E-state index in [0.717, 1.165) is 0 Å². The summed E-state index contributed by atoms with van der Waals surface area (Å²) < 4.78 is 35.3. The average molecular weight is 317 g/mol. The van der Waals surface area contributed by atoms with Gasteiger partial charge in [0, 0.05) is 19.7 Å². The zero-order valence-electron chi connectivity index (χ0n) is 12.0. The Morgan fingerprint density at radius 2 is 2.38 bits per heavy atom. The number of carbonyl (C=O) groups is 1. The number of hydrogen-bond donors (Lipinski definition) is 1. The lowest BCUT2D eigenvalue weighted by atomic mass is 10.2. The summed E-state index contributed by atoms with van der Waals surface area (Å²) in [6.45, 7) is 2.16. The average Bonchev–Trinajstić information content (AvgIpc) is 3.05. The van der Waals surface area contributed by atoms with Gasteiger partial charge in [-0.15, -0.1) is 0 Å². The minimum atomic E-state index is -3.50. The van der Waals surface area contributed by atoms with Gasteiger partial charge in [0.1, 0.15) is 11.8 Å². The summed E-state index contributed by atoms with van der Waals surface area (Å²) in [4.78, 5) is 12.2. The third kappa shape index (κ3) is 3.80. The number of aryl methyl sites for hydroxylation is 1. The summed E-state index contributed by atoms with van der Waals surface area (Å²) in [6, 6.07) is 0.875. The number of nitrogens with zero attached hydrogens (tertiary/aromatic N) is 2. The van der Waals surface area contributed by atoms with Crippen molar-refractivity contribution in [2.24, 2.45) is 0 Å². The van der Waals surface area contributed by atoms with Crippen LogP contribution < -0.4 is 5.32 Å². The molecular formula is C12H19N3O5S. The Bertz CT molecular complexity index is 598. The first kappa shape index (κ1) is 15.9. The van der Waals surface area contributed by atoms with E-state index in [9.17, 15) is 13.2 Å². The second kappa shape index (κ2) is 6.54. The minimum Gasteiger partial charge on any atom is -0.384 e. The molecule has 0 radical (unpaired) electrons. The third-order valence-electron chi connectivity index (χ3n) is 3.29. The van der Waals surface area contributed by atoms with Crippen LogP contribution in [0, 0.1) is 6.92 Å². The second-order valence-electron chi connectivity index (χ2n) is 4.89. The topological polar surface area (TPSA) is 102 Å². The molecule has 9 heteroatoms. The van der Waals surface area contributed by atoms with Crippen LogP contribution in [-0.2, 0) is 19.6 Å². The summed E-state index contributed by atoms with van der Waals surface area (Å²) in [6.07, 6.45) is 1.15. The molecular weight excluding hydrogens is 298 g/mol. The Morgan fingerprint density at radius 1 is 1.62 bits per heavy atom. The third-order valence-corrected chi connectivity index (χ3v) is 5.12. The first-order valence-corrected chi connectivity index (χ1v) is 8.27. The van der Waals surface area contributed by atoms with Crippen LogP contribution in [0.15, 0.2) is 10.6 Å². The second-order valence-corrected chi connectivity index (χ2v) is 6.93. The van der Waals surface area contributed by atoms with Crippen molar-refractivity contribution < 1.29 is 22.5 Å². The normalized spacial score (nSPS) is 19.8. The number of anilines is 1. The van der Waals surface area contributed by atoms with Gasteiger partial charge in [-0.2, -0.15) is 4.31 Å².